The molecule has 5 aromatic rings. The minimum Gasteiger partial charge on any atom is -0.259 e. The summed E-state index contributed by atoms with van der Waals surface area (Å²) in [5.74, 6) is 0. The monoisotopic (exact) mass is 605 g/mol. The number of aromatic nitrogens is 3. The standard InChI is InChI=1S/C27H20BrN5O5S/c1-16-12-20(33(35)36)9-11-24(16)39(37,38)32-23-14-30-22-10-6-18(28)13-21(22)25(23)31(26(32)34)19-7-4-17(5-8-19)27(2,3)15-29/h4-14H,1-3H3. The Balaban J connectivity index is 1.87. The van der Waals surface area contributed by atoms with E-state index in [9.17, 15) is 28.6 Å². The molecule has 196 valence electrons. The molecular weight excluding hydrogens is 586 g/mol. The fourth-order valence-electron chi connectivity index (χ4n) is 4.51. The van der Waals surface area contributed by atoms with E-state index in [0.717, 1.165) is 23.8 Å². The first-order valence-corrected chi connectivity index (χ1v) is 13.8. The van der Waals surface area contributed by atoms with Crippen molar-refractivity contribution in [2.45, 2.75) is 31.1 Å². The zero-order chi connectivity index (χ0) is 28.3. The van der Waals surface area contributed by atoms with Crippen LogP contribution in [0.25, 0.3) is 27.6 Å². The number of pyridine rings is 1. The number of hydrogen-bond acceptors (Lipinski definition) is 7. The minimum atomic E-state index is -4.50. The van der Waals surface area contributed by atoms with Crippen molar-refractivity contribution in [3.05, 3.63) is 103 Å². The Kier molecular flexibility index (Phi) is 6.16. The molecule has 3 aromatic carbocycles. The molecule has 0 saturated carbocycles. The lowest BCUT2D eigenvalue weighted by molar-refractivity contribution is -0.385. The lowest BCUT2D eigenvalue weighted by Crippen LogP contribution is -2.29. The van der Waals surface area contributed by atoms with Crippen LogP contribution in [0.3, 0.4) is 0 Å². The first kappa shape index (κ1) is 26.3. The van der Waals surface area contributed by atoms with Crippen molar-refractivity contribution in [1.82, 2.24) is 13.5 Å². The van der Waals surface area contributed by atoms with Gasteiger partial charge in [-0.15, -0.1) is 0 Å². The average molecular weight is 606 g/mol. The number of non-ortho nitro benzene ring substituents is 1. The Morgan fingerprint density at radius 2 is 1.77 bits per heavy atom. The zero-order valence-corrected chi connectivity index (χ0v) is 23.3. The molecule has 5 rings (SSSR count). The molecule has 0 saturated heterocycles. The maximum Gasteiger partial charge on any atom is 0.348 e. The van der Waals surface area contributed by atoms with Gasteiger partial charge in [0.2, 0.25) is 0 Å². The summed E-state index contributed by atoms with van der Waals surface area (Å²) < 4.78 is 30.6. The van der Waals surface area contributed by atoms with Gasteiger partial charge in [0, 0.05) is 22.0 Å². The summed E-state index contributed by atoms with van der Waals surface area (Å²) in [6.07, 6.45) is 1.33. The minimum absolute atomic E-state index is 0.0461. The molecule has 0 N–H and O–H groups in total. The Labute approximate surface area is 231 Å². The Morgan fingerprint density at radius 1 is 1.08 bits per heavy atom. The van der Waals surface area contributed by atoms with E-state index in [4.69, 9.17) is 0 Å². The highest BCUT2D eigenvalue weighted by Gasteiger charge is 2.30. The lowest BCUT2D eigenvalue weighted by atomic mass is 9.86. The summed E-state index contributed by atoms with van der Waals surface area (Å²) in [6, 6.07) is 17.7. The third-order valence-electron chi connectivity index (χ3n) is 6.60. The molecule has 0 radical (unpaired) electrons. The van der Waals surface area contributed by atoms with Gasteiger partial charge >= 0.3 is 5.69 Å². The van der Waals surface area contributed by atoms with Crippen LogP contribution in [0.4, 0.5) is 5.69 Å². The smallest absolute Gasteiger partial charge is 0.259 e. The van der Waals surface area contributed by atoms with Gasteiger partial charge in [0.15, 0.2) is 0 Å². The number of nitrogens with zero attached hydrogens (tertiary/aromatic N) is 5. The highest BCUT2D eigenvalue weighted by atomic mass is 79.9. The molecule has 0 aliphatic heterocycles. The van der Waals surface area contributed by atoms with Gasteiger partial charge in [0.25, 0.3) is 15.7 Å². The summed E-state index contributed by atoms with van der Waals surface area (Å²) in [5.41, 5.74) is 0.267. The molecular formula is C27H20BrN5O5S. The van der Waals surface area contributed by atoms with Crippen LogP contribution in [-0.2, 0) is 15.4 Å². The number of fused-ring (bicyclic) bond motifs is 3. The van der Waals surface area contributed by atoms with Gasteiger partial charge < -0.3 is 0 Å². The number of aryl methyl sites for hydroxylation is 1. The largest absolute Gasteiger partial charge is 0.348 e. The maximum absolute atomic E-state index is 14.0. The SMILES string of the molecule is Cc1cc([N+](=O)[O-])ccc1S(=O)(=O)n1c(=O)n(-c2ccc(C(C)(C)C#N)cc2)c2c3cc(Br)ccc3ncc21. The van der Waals surface area contributed by atoms with Crippen LogP contribution in [0.1, 0.15) is 25.0 Å². The van der Waals surface area contributed by atoms with E-state index in [-0.39, 0.29) is 21.7 Å². The van der Waals surface area contributed by atoms with Gasteiger partial charge in [0.05, 0.1) is 44.2 Å². The molecule has 0 aliphatic rings. The first-order chi connectivity index (χ1) is 18.4. The fourth-order valence-corrected chi connectivity index (χ4v) is 6.46. The summed E-state index contributed by atoms with van der Waals surface area (Å²) >= 11 is 3.44. The summed E-state index contributed by atoms with van der Waals surface area (Å²) in [7, 11) is -4.50. The van der Waals surface area contributed by atoms with Crippen LogP contribution in [-0.4, -0.2) is 26.9 Å². The molecule has 0 atom stereocenters. The van der Waals surface area contributed by atoms with Crippen LogP contribution in [0.5, 0.6) is 0 Å². The molecule has 2 heterocycles. The number of nitro benzene ring substituents is 1. The summed E-state index contributed by atoms with van der Waals surface area (Å²) in [5, 5.41) is 21.2. The predicted octanol–water partition coefficient (Wildman–Crippen LogP) is 5.36. The quantitative estimate of drug-likeness (QED) is 0.194. The van der Waals surface area contributed by atoms with Gasteiger partial charge in [-0.2, -0.15) is 9.23 Å². The predicted molar refractivity (Wildman–Crippen MR) is 150 cm³/mol. The molecule has 0 bridgehead atoms. The highest BCUT2D eigenvalue weighted by Crippen LogP contribution is 2.32. The number of rotatable bonds is 5. The maximum atomic E-state index is 14.0. The van der Waals surface area contributed by atoms with Crippen LogP contribution in [0, 0.1) is 28.4 Å². The van der Waals surface area contributed by atoms with Crippen molar-refractivity contribution in [2.75, 3.05) is 0 Å². The fraction of sp³-hybridized carbons (Fsp3) is 0.148. The Hall–Kier alpha value is -4.34. The third kappa shape index (κ3) is 4.20. The molecule has 0 spiro atoms. The molecule has 12 heteroatoms. The molecule has 10 nitrogen and oxygen atoms in total. The van der Waals surface area contributed by atoms with E-state index in [1.54, 1.807) is 56.3 Å². The second-order valence-corrected chi connectivity index (χ2v) is 12.2. The van der Waals surface area contributed by atoms with Crippen LogP contribution < -0.4 is 5.69 Å². The van der Waals surface area contributed by atoms with Crippen molar-refractivity contribution < 1.29 is 13.3 Å². The second kappa shape index (κ2) is 9.14. The van der Waals surface area contributed by atoms with Crippen LogP contribution >= 0.6 is 15.9 Å². The third-order valence-corrected chi connectivity index (χ3v) is 8.94. The van der Waals surface area contributed by atoms with Gasteiger partial charge in [-0.1, -0.05) is 28.1 Å². The lowest BCUT2D eigenvalue weighted by Gasteiger charge is -2.16. The van der Waals surface area contributed by atoms with E-state index >= 15 is 0 Å². The topological polar surface area (TPSA) is 141 Å². The van der Waals surface area contributed by atoms with Gasteiger partial charge in [-0.25, -0.2) is 13.2 Å². The van der Waals surface area contributed by atoms with E-state index in [1.165, 1.54) is 17.7 Å². The Morgan fingerprint density at radius 3 is 2.38 bits per heavy atom. The number of imidazole rings is 1. The number of hydrogen-bond donors (Lipinski definition) is 0. The molecule has 2 aromatic heterocycles. The Bertz CT molecular complexity index is 2040. The molecule has 0 aliphatic carbocycles. The van der Waals surface area contributed by atoms with Crippen LogP contribution in [0.15, 0.2) is 81.0 Å². The molecule has 0 fully saturated rings. The van der Waals surface area contributed by atoms with Crippen molar-refractivity contribution in [3.8, 4) is 11.8 Å². The summed E-state index contributed by atoms with van der Waals surface area (Å²) in [4.78, 5) is 28.7. The van der Waals surface area contributed by atoms with Gasteiger partial charge in [-0.3, -0.25) is 19.7 Å². The number of nitro groups is 1. The van der Waals surface area contributed by atoms with Crippen molar-refractivity contribution in [2.24, 2.45) is 0 Å². The second-order valence-electron chi connectivity index (χ2n) is 9.53. The van der Waals surface area contributed by atoms with E-state index in [0.29, 0.717) is 30.6 Å². The van der Waals surface area contributed by atoms with Crippen LogP contribution in [0.2, 0.25) is 0 Å². The number of nitriles is 1. The van der Waals surface area contributed by atoms with Crippen molar-refractivity contribution in [3.63, 3.8) is 0 Å². The summed E-state index contributed by atoms with van der Waals surface area (Å²) in [6.45, 7) is 4.98. The van der Waals surface area contributed by atoms with Gasteiger partial charge in [-0.05, 0) is 68.3 Å². The molecule has 0 amide bonds. The highest BCUT2D eigenvalue weighted by molar-refractivity contribution is 9.10. The van der Waals surface area contributed by atoms with E-state index < -0.39 is 26.1 Å². The van der Waals surface area contributed by atoms with Gasteiger partial charge in [0.1, 0.15) is 5.52 Å². The number of benzene rings is 3. The average Bonchev–Trinajstić information content (AvgIpc) is 3.21. The normalized spacial score (nSPS) is 12.1. The number of halogens is 1. The van der Waals surface area contributed by atoms with Crippen molar-refractivity contribution >= 4 is 53.6 Å². The first-order valence-electron chi connectivity index (χ1n) is 11.6. The van der Waals surface area contributed by atoms with E-state index in [1.807, 2.05) is 0 Å². The molecule has 39 heavy (non-hydrogen) atoms. The molecule has 0 unspecified atom stereocenters. The zero-order valence-electron chi connectivity index (χ0n) is 20.9. The van der Waals surface area contributed by atoms with Crippen molar-refractivity contribution in [1.29, 1.82) is 5.26 Å². The van der Waals surface area contributed by atoms with E-state index in [2.05, 4.69) is 27.0 Å².